The normalized spacial score (nSPS) is 26.1. The second kappa shape index (κ2) is 15.0. The molecule has 0 heterocycles. The van der Waals surface area contributed by atoms with Gasteiger partial charge >= 0.3 is 41.4 Å². The topological polar surface area (TPSA) is 340 Å². The fourth-order valence-corrected chi connectivity index (χ4v) is 4.94. The van der Waals surface area contributed by atoms with Crippen molar-refractivity contribution in [2.45, 2.75) is 55.9 Å². The summed E-state index contributed by atoms with van der Waals surface area (Å²) in [5, 5.41) is 27.0. The molecule has 0 aromatic carbocycles. The van der Waals surface area contributed by atoms with E-state index in [9.17, 15) is 57.4 Å². The van der Waals surface area contributed by atoms with E-state index in [0.29, 0.717) is 0 Å². The van der Waals surface area contributed by atoms with E-state index in [0.717, 1.165) is 0 Å². The number of aliphatic hydroxyl groups excluding tert-OH is 3. The molecule has 9 N–H and O–H groups in total. The largest absolute Gasteiger partial charge is 0.470 e. The number of hydrogen-bond donors (Lipinski definition) is 9. The van der Waals surface area contributed by atoms with E-state index < -0.39 is 117 Å². The van der Waals surface area contributed by atoms with E-state index in [-0.39, 0.29) is 0 Å². The number of esters is 3. The third-order valence-corrected chi connectivity index (χ3v) is 6.02. The molecule has 0 amide bonds. The van der Waals surface area contributed by atoms with Crippen LogP contribution >= 0.6 is 23.5 Å². The lowest BCUT2D eigenvalue weighted by atomic mass is 9.84. The summed E-state index contributed by atoms with van der Waals surface area (Å²) in [6, 6.07) is 0. The highest BCUT2D eigenvalue weighted by Gasteiger charge is 2.62. The summed E-state index contributed by atoms with van der Waals surface area (Å²) >= 11 is 0. The fourth-order valence-electron chi connectivity index (χ4n) is 3.27. The zero-order chi connectivity index (χ0) is 30.2. The summed E-state index contributed by atoms with van der Waals surface area (Å²) in [5.41, 5.74) is 0. The zero-order valence-corrected chi connectivity index (χ0v) is 22.2. The molecule has 6 atom stereocenters. The Morgan fingerprint density at radius 3 is 0.872 bits per heavy atom. The van der Waals surface area contributed by atoms with Crippen molar-refractivity contribution >= 4 is 41.4 Å². The molecule has 1 aliphatic carbocycles. The van der Waals surface area contributed by atoms with Crippen molar-refractivity contribution in [1.82, 2.24) is 0 Å². The number of carbonyl (C=O) groups is 3. The highest BCUT2D eigenvalue weighted by Crippen LogP contribution is 2.51. The minimum atomic E-state index is -5.81. The van der Waals surface area contributed by atoms with Gasteiger partial charge in [0, 0.05) is 0 Å². The number of hydrogen-bond acceptors (Lipinski definition) is 15. The third-order valence-electron chi connectivity index (χ3n) is 4.47. The average molecular weight is 636 g/mol. The lowest BCUT2D eigenvalue weighted by Crippen LogP contribution is -2.67. The molecule has 1 aliphatic rings. The van der Waals surface area contributed by atoms with Crippen LogP contribution < -0.4 is 0 Å². The van der Waals surface area contributed by atoms with Crippen LogP contribution in [0.2, 0.25) is 0 Å². The summed E-state index contributed by atoms with van der Waals surface area (Å²) in [4.78, 5) is 93.0. The Bertz CT molecular complexity index is 927. The fraction of sp³-hybridized carbons (Fsp3) is 0.800. The first kappa shape index (κ1) is 35.6. The van der Waals surface area contributed by atoms with Gasteiger partial charge in [-0.3, -0.25) is 28.0 Å². The van der Waals surface area contributed by atoms with Gasteiger partial charge < -0.3 is 58.9 Å². The molecule has 2 unspecified atom stereocenters. The molecule has 0 aromatic rings. The van der Waals surface area contributed by atoms with Gasteiger partial charge in [-0.05, 0) is 0 Å². The first-order chi connectivity index (χ1) is 17.8. The Kier molecular flexibility index (Phi) is 13.7. The van der Waals surface area contributed by atoms with Crippen molar-refractivity contribution in [3.8, 4) is 0 Å². The van der Waals surface area contributed by atoms with Gasteiger partial charge in [0.15, 0.2) is 18.3 Å². The van der Waals surface area contributed by atoms with Crippen molar-refractivity contribution in [3.63, 3.8) is 0 Å². The van der Waals surface area contributed by atoms with E-state index in [2.05, 4.69) is 13.6 Å². The molecule has 24 heteroatoms. The van der Waals surface area contributed by atoms with E-state index in [1.807, 2.05) is 0 Å². The molecule has 1 fully saturated rings. The van der Waals surface area contributed by atoms with Crippen LogP contribution in [0.25, 0.3) is 0 Å². The second-order valence-electron chi connectivity index (χ2n) is 7.47. The van der Waals surface area contributed by atoms with Gasteiger partial charge in [-0.25, -0.2) is 13.7 Å². The van der Waals surface area contributed by atoms with Gasteiger partial charge in [-0.1, -0.05) is 0 Å². The predicted molar refractivity (Wildman–Crippen MR) is 115 cm³/mol. The van der Waals surface area contributed by atoms with Gasteiger partial charge in [0.05, 0.1) is 39.1 Å². The summed E-state index contributed by atoms with van der Waals surface area (Å²) in [6.07, 6.45) is -17.8. The van der Waals surface area contributed by atoms with Crippen LogP contribution in [0.3, 0.4) is 0 Å². The molecule has 0 radical (unpaired) electrons. The van der Waals surface area contributed by atoms with Crippen molar-refractivity contribution in [1.29, 1.82) is 0 Å². The molecule has 0 bridgehead atoms. The van der Waals surface area contributed by atoms with Gasteiger partial charge in [0.1, 0.15) is 18.3 Å². The number of phosphoric ester groups is 3. The molecule has 0 spiro atoms. The van der Waals surface area contributed by atoms with Crippen LogP contribution in [-0.2, 0) is 55.9 Å². The number of ether oxygens (including phenoxy) is 3. The zero-order valence-electron chi connectivity index (χ0n) is 19.5. The van der Waals surface area contributed by atoms with Crippen molar-refractivity contribution in [3.05, 3.63) is 0 Å². The molecule has 0 aromatic heterocycles. The molecule has 39 heavy (non-hydrogen) atoms. The average Bonchev–Trinajstić information content (AvgIpc) is 2.73. The minimum Gasteiger partial charge on any atom is -0.455 e. The molecule has 0 saturated heterocycles. The van der Waals surface area contributed by atoms with Gasteiger partial charge in [0.25, 0.3) is 0 Å². The molecule has 228 valence electrons. The minimum absolute atomic E-state index is 0.804. The highest BCUT2D eigenvalue weighted by atomic mass is 31.2. The molecular weight excluding hydrogens is 609 g/mol. The van der Waals surface area contributed by atoms with Gasteiger partial charge in [-0.2, -0.15) is 0 Å². The van der Waals surface area contributed by atoms with E-state index in [1.165, 1.54) is 0 Å². The summed E-state index contributed by atoms with van der Waals surface area (Å²) in [5.74, 6) is -4.20. The maximum absolute atomic E-state index is 12.2. The van der Waals surface area contributed by atoms with Crippen LogP contribution in [0.4, 0.5) is 0 Å². The lowest BCUT2D eigenvalue weighted by molar-refractivity contribution is -0.241. The summed E-state index contributed by atoms with van der Waals surface area (Å²) < 4.78 is 63.4. The van der Waals surface area contributed by atoms with E-state index in [1.54, 1.807) is 0 Å². The lowest BCUT2D eigenvalue weighted by Gasteiger charge is -2.47. The van der Waals surface area contributed by atoms with Crippen LogP contribution in [0, 0.1) is 0 Å². The Hall–Kier alpha value is -1.38. The molecule has 1 saturated carbocycles. The summed E-state index contributed by atoms with van der Waals surface area (Å²) in [7, 11) is -17.4. The number of aliphatic hydroxyl groups is 3. The first-order valence-corrected chi connectivity index (χ1v) is 15.0. The van der Waals surface area contributed by atoms with E-state index in [4.69, 9.17) is 29.5 Å². The van der Waals surface area contributed by atoms with Crippen molar-refractivity contribution in [2.24, 2.45) is 0 Å². The van der Waals surface area contributed by atoms with Gasteiger partial charge in [-0.15, -0.1) is 0 Å². The number of phosphoric acid groups is 3. The molecule has 21 nitrogen and oxygen atoms in total. The SMILES string of the molecule is O=C(CCO)OC1[C@@H](OC(=O)CCO)[C@H](OP(=O)(O)O)C(OP(=O)(O)O)[C@@H](OP(=O)(O)O)[C@H]1OC(=O)CCO. The van der Waals surface area contributed by atoms with Crippen LogP contribution in [0.15, 0.2) is 0 Å². The molecule has 0 aliphatic heterocycles. The smallest absolute Gasteiger partial charge is 0.455 e. The Balaban J connectivity index is 3.94. The molecular formula is C15H27O21P3. The maximum atomic E-state index is 12.2. The summed E-state index contributed by atoms with van der Waals surface area (Å²) in [6.45, 7) is -2.60. The first-order valence-electron chi connectivity index (χ1n) is 10.4. The predicted octanol–water partition coefficient (Wildman–Crippen LogP) is -3.68. The van der Waals surface area contributed by atoms with Crippen molar-refractivity contribution < 1.29 is 101 Å². The number of carbonyl (C=O) groups excluding carboxylic acids is 3. The highest BCUT2D eigenvalue weighted by molar-refractivity contribution is 7.47. The van der Waals surface area contributed by atoms with Crippen LogP contribution in [0.5, 0.6) is 0 Å². The molecule has 1 rings (SSSR count). The monoisotopic (exact) mass is 636 g/mol. The quantitative estimate of drug-likeness (QED) is 0.0474. The van der Waals surface area contributed by atoms with Crippen LogP contribution in [-0.4, -0.2) is 119 Å². The number of rotatable bonds is 15. The Morgan fingerprint density at radius 1 is 0.462 bits per heavy atom. The second-order valence-corrected chi connectivity index (χ2v) is 11.0. The van der Waals surface area contributed by atoms with Gasteiger partial charge in [0.2, 0.25) is 0 Å². The maximum Gasteiger partial charge on any atom is 0.470 e. The Labute approximate surface area is 218 Å². The Morgan fingerprint density at radius 2 is 0.667 bits per heavy atom. The van der Waals surface area contributed by atoms with E-state index >= 15 is 0 Å². The van der Waals surface area contributed by atoms with Crippen LogP contribution in [0.1, 0.15) is 19.3 Å². The van der Waals surface area contributed by atoms with Crippen molar-refractivity contribution in [2.75, 3.05) is 19.8 Å². The standard InChI is InChI=1S/C15H27O21P3/c16-4-1-7(19)31-10-11(32-8(20)2-5-17)13(34-37(22,23)24)15(36-39(28,29)30)14(35-38(25,26)27)12(10)33-9(21)3-6-18/h10-18H,1-6H2,(H2,22,23,24)(H2,25,26,27)(H2,28,29,30)/t10?,11-,12+,13-,14-,15?/m0/s1. The third kappa shape index (κ3) is 12.8.